The standard InChI is InChI=1S/C22H23N5OS/c1-4-8-18-25-27-20(23)17(21(28)24-22(27)29-18)13-16-11-7-12-26(16)19-14(3)9-6-10-15(19)5-2/h6-7,9-13,23H,4-5,8H2,1-3H3/b17-13+,23-20?. The van der Waals surface area contributed by atoms with Gasteiger partial charge in [-0.15, -0.1) is 0 Å². The third-order valence-corrected chi connectivity index (χ3v) is 5.94. The van der Waals surface area contributed by atoms with E-state index in [4.69, 9.17) is 5.41 Å². The lowest BCUT2D eigenvalue weighted by Gasteiger charge is -2.21. The summed E-state index contributed by atoms with van der Waals surface area (Å²) in [7, 11) is 0. The molecule has 0 aliphatic carbocycles. The first-order chi connectivity index (χ1) is 14.0. The number of rotatable bonds is 5. The Kier molecular flexibility index (Phi) is 5.24. The average molecular weight is 406 g/mol. The van der Waals surface area contributed by atoms with E-state index in [1.54, 1.807) is 6.08 Å². The fourth-order valence-electron chi connectivity index (χ4n) is 3.56. The maximum atomic E-state index is 12.7. The van der Waals surface area contributed by atoms with Crippen LogP contribution in [0.3, 0.4) is 0 Å². The van der Waals surface area contributed by atoms with Crippen LogP contribution in [-0.2, 0) is 11.2 Å². The highest BCUT2D eigenvalue weighted by atomic mass is 32.2. The fourth-order valence-corrected chi connectivity index (χ4v) is 4.55. The topological polar surface area (TPSA) is 73.8 Å². The van der Waals surface area contributed by atoms with Crippen LogP contribution < -0.4 is 0 Å². The van der Waals surface area contributed by atoms with Gasteiger partial charge >= 0.3 is 0 Å². The van der Waals surface area contributed by atoms with E-state index in [9.17, 15) is 4.79 Å². The smallest absolute Gasteiger partial charge is 0.283 e. The Morgan fingerprint density at radius 2 is 2.03 bits per heavy atom. The van der Waals surface area contributed by atoms with Crippen molar-refractivity contribution >= 4 is 39.8 Å². The number of benzene rings is 1. The quantitative estimate of drug-likeness (QED) is 0.729. The number of hydrogen-bond donors (Lipinski definition) is 1. The van der Waals surface area contributed by atoms with E-state index in [1.807, 2.05) is 18.3 Å². The molecule has 3 heterocycles. The largest absolute Gasteiger partial charge is 0.317 e. The lowest BCUT2D eigenvalue weighted by Crippen LogP contribution is -2.35. The Morgan fingerprint density at radius 1 is 1.21 bits per heavy atom. The van der Waals surface area contributed by atoms with Crippen molar-refractivity contribution < 1.29 is 4.79 Å². The molecule has 0 fully saturated rings. The number of hydrogen-bond acceptors (Lipinski definition) is 4. The van der Waals surface area contributed by atoms with Crippen LogP contribution in [-0.4, -0.2) is 31.5 Å². The molecule has 1 amide bonds. The zero-order valence-electron chi connectivity index (χ0n) is 16.8. The number of carbonyl (C=O) groups excluding carboxylic acids is 1. The maximum Gasteiger partial charge on any atom is 0.283 e. The number of thioether (sulfide) groups is 1. The number of nitrogens with one attached hydrogen (secondary N) is 1. The van der Waals surface area contributed by atoms with E-state index in [-0.39, 0.29) is 11.4 Å². The van der Waals surface area contributed by atoms with Gasteiger partial charge in [-0.25, -0.2) is 0 Å². The first kappa shape index (κ1) is 19.4. The zero-order valence-corrected chi connectivity index (χ0v) is 17.6. The van der Waals surface area contributed by atoms with E-state index < -0.39 is 5.91 Å². The molecule has 0 radical (unpaired) electrons. The lowest BCUT2D eigenvalue weighted by molar-refractivity contribution is -0.114. The summed E-state index contributed by atoms with van der Waals surface area (Å²) in [5, 5.41) is 15.9. The highest BCUT2D eigenvalue weighted by Gasteiger charge is 2.35. The Bertz CT molecular complexity index is 1090. The molecule has 6 nitrogen and oxygen atoms in total. The number of aryl methyl sites for hydroxylation is 2. The number of para-hydroxylation sites is 1. The van der Waals surface area contributed by atoms with Crippen molar-refractivity contribution in [1.29, 1.82) is 5.41 Å². The van der Waals surface area contributed by atoms with Gasteiger partial charge in [0.1, 0.15) is 5.04 Å². The fraction of sp³-hybridized carbons (Fsp3) is 0.273. The predicted octanol–water partition coefficient (Wildman–Crippen LogP) is 4.77. The normalized spacial score (nSPS) is 17.6. The minimum Gasteiger partial charge on any atom is -0.317 e. The highest BCUT2D eigenvalue weighted by Crippen LogP contribution is 2.30. The maximum absolute atomic E-state index is 12.7. The van der Waals surface area contributed by atoms with E-state index >= 15 is 0 Å². The lowest BCUT2D eigenvalue weighted by atomic mass is 10.1. The molecule has 2 aromatic rings. The number of fused-ring (bicyclic) bond motifs is 1. The molecule has 29 heavy (non-hydrogen) atoms. The minimum absolute atomic E-state index is 0.0758. The van der Waals surface area contributed by atoms with Gasteiger partial charge in [-0.05, 0) is 67.3 Å². The molecule has 1 N–H and O–H groups in total. The van der Waals surface area contributed by atoms with Crippen molar-refractivity contribution in [1.82, 2.24) is 9.58 Å². The molecule has 0 spiro atoms. The third-order valence-electron chi connectivity index (χ3n) is 4.98. The van der Waals surface area contributed by atoms with Crippen LogP contribution in [0.15, 0.2) is 52.2 Å². The van der Waals surface area contributed by atoms with Gasteiger partial charge in [0.05, 0.1) is 11.3 Å². The molecular weight excluding hydrogens is 382 g/mol. The molecule has 7 heteroatoms. The monoisotopic (exact) mass is 405 g/mol. The van der Waals surface area contributed by atoms with Gasteiger partial charge in [0, 0.05) is 11.9 Å². The second-order valence-corrected chi connectivity index (χ2v) is 8.04. The van der Waals surface area contributed by atoms with Crippen molar-refractivity contribution in [3.63, 3.8) is 0 Å². The molecule has 1 aromatic heterocycles. The van der Waals surface area contributed by atoms with Crippen molar-refractivity contribution in [2.45, 2.75) is 40.0 Å². The molecule has 1 aromatic carbocycles. The number of aromatic nitrogens is 1. The van der Waals surface area contributed by atoms with E-state index in [1.165, 1.54) is 22.3 Å². The Morgan fingerprint density at radius 3 is 2.79 bits per heavy atom. The van der Waals surface area contributed by atoms with Gasteiger partial charge in [0.2, 0.25) is 5.17 Å². The molecule has 148 valence electrons. The third kappa shape index (κ3) is 3.46. The first-order valence-electron chi connectivity index (χ1n) is 9.78. The van der Waals surface area contributed by atoms with E-state index in [0.29, 0.717) is 5.17 Å². The number of amidine groups is 2. The van der Waals surface area contributed by atoms with Crippen molar-refractivity contribution in [2.24, 2.45) is 10.1 Å². The SMILES string of the molecule is CCCC1=NN2C(=N)/C(=C\c3cccn3-c3c(C)cccc3CC)C(=O)N=C2S1. The average Bonchev–Trinajstić information content (AvgIpc) is 3.32. The first-order valence-corrected chi connectivity index (χ1v) is 10.6. The van der Waals surface area contributed by atoms with Crippen molar-refractivity contribution in [2.75, 3.05) is 0 Å². The van der Waals surface area contributed by atoms with Crippen LogP contribution in [0.5, 0.6) is 0 Å². The molecule has 2 aliphatic heterocycles. The second-order valence-electron chi connectivity index (χ2n) is 7.00. The molecule has 4 rings (SSSR count). The second kappa shape index (κ2) is 7.83. The summed E-state index contributed by atoms with van der Waals surface area (Å²) < 4.78 is 2.07. The van der Waals surface area contributed by atoms with Crippen LogP contribution >= 0.6 is 11.8 Å². The summed E-state index contributed by atoms with van der Waals surface area (Å²) >= 11 is 1.38. The number of nitrogens with zero attached hydrogens (tertiary/aromatic N) is 4. The number of amides is 1. The van der Waals surface area contributed by atoms with Gasteiger partial charge in [0.25, 0.3) is 5.91 Å². The number of carbonyl (C=O) groups is 1. The van der Waals surface area contributed by atoms with Gasteiger partial charge in [-0.3, -0.25) is 10.2 Å². The number of aliphatic imine (C=N–C) groups is 1. The molecule has 2 aliphatic rings. The zero-order chi connectivity index (χ0) is 20.5. The van der Waals surface area contributed by atoms with Crippen LogP contribution in [0.1, 0.15) is 43.5 Å². The van der Waals surface area contributed by atoms with Gasteiger partial charge in [-0.2, -0.15) is 15.1 Å². The number of hydrazone groups is 1. The van der Waals surface area contributed by atoms with Gasteiger partial charge < -0.3 is 4.57 Å². The molecule has 0 unspecified atom stereocenters. The Hall–Kier alpha value is -2.93. The molecule has 0 bridgehead atoms. The van der Waals surface area contributed by atoms with Crippen molar-refractivity contribution in [3.8, 4) is 5.69 Å². The van der Waals surface area contributed by atoms with Gasteiger partial charge in [-0.1, -0.05) is 32.0 Å². The summed E-state index contributed by atoms with van der Waals surface area (Å²) in [6.07, 6.45) is 6.42. The minimum atomic E-state index is -0.394. The molecule has 0 saturated carbocycles. The van der Waals surface area contributed by atoms with Crippen LogP contribution in [0.25, 0.3) is 11.8 Å². The summed E-state index contributed by atoms with van der Waals surface area (Å²) in [5.74, 6) is -0.318. The van der Waals surface area contributed by atoms with Gasteiger partial charge in [0.15, 0.2) is 5.84 Å². The highest BCUT2D eigenvalue weighted by molar-refractivity contribution is 8.26. The summed E-state index contributed by atoms with van der Waals surface area (Å²) in [6, 6.07) is 10.2. The van der Waals surface area contributed by atoms with E-state index in [2.05, 4.69) is 53.6 Å². The van der Waals surface area contributed by atoms with Crippen molar-refractivity contribution in [3.05, 3.63) is 58.9 Å². The van der Waals surface area contributed by atoms with E-state index in [0.717, 1.165) is 41.3 Å². The summed E-state index contributed by atoms with van der Waals surface area (Å²) in [5.41, 5.74) is 4.60. The predicted molar refractivity (Wildman–Crippen MR) is 120 cm³/mol. The Labute approximate surface area is 174 Å². The molecular formula is C22H23N5OS. The summed E-state index contributed by atoms with van der Waals surface area (Å²) in [4.78, 5) is 16.9. The van der Waals surface area contributed by atoms with Crippen LogP contribution in [0.4, 0.5) is 0 Å². The van der Waals surface area contributed by atoms with Crippen LogP contribution in [0, 0.1) is 12.3 Å². The molecule has 0 saturated heterocycles. The Balaban J connectivity index is 1.75. The summed E-state index contributed by atoms with van der Waals surface area (Å²) in [6.45, 7) is 6.29. The van der Waals surface area contributed by atoms with Crippen LogP contribution in [0.2, 0.25) is 0 Å². The molecule has 0 atom stereocenters.